The molecule has 0 aromatic heterocycles. The number of likely N-dealkylation sites (tertiary alicyclic amines) is 1. The van der Waals surface area contributed by atoms with Crippen molar-refractivity contribution < 1.29 is 9.53 Å². The quantitative estimate of drug-likeness (QED) is 0.738. The van der Waals surface area contributed by atoms with E-state index in [1.807, 2.05) is 4.90 Å². The van der Waals surface area contributed by atoms with Crippen molar-refractivity contribution >= 4 is 5.91 Å². The largest absolute Gasteiger partial charge is 0.376 e. The first-order valence-electron chi connectivity index (χ1n) is 5.93. The molecule has 15 heavy (non-hydrogen) atoms. The summed E-state index contributed by atoms with van der Waals surface area (Å²) in [6.07, 6.45) is 6.19. The van der Waals surface area contributed by atoms with Crippen molar-refractivity contribution in [3.05, 3.63) is 0 Å². The van der Waals surface area contributed by atoms with Crippen molar-refractivity contribution in [1.82, 2.24) is 4.90 Å². The molecule has 0 aromatic rings. The van der Waals surface area contributed by atoms with Crippen LogP contribution in [0.15, 0.2) is 0 Å². The standard InChI is InChI=1S/C11H20N2O2/c12-10-5-6-13(11(10)14)7-8-15-9-3-1-2-4-9/h9-10H,1-8,12H2. The molecule has 2 fully saturated rings. The maximum Gasteiger partial charge on any atom is 0.239 e. The van der Waals surface area contributed by atoms with E-state index in [4.69, 9.17) is 10.5 Å². The Morgan fingerprint density at radius 2 is 2.07 bits per heavy atom. The summed E-state index contributed by atoms with van der Waals surface area (Å²) in [5, 5.41) is 0. The van der Waals surface area contributed by atoms with Gasteiger partial charge in [0.2, 0.25) is 5.91 Å². The molecule has 4 heteroatoms. The van der Waals surface area contributed by atoms with E-state index in [1.54, 1.807) is 0 Å². The van der Waals surface area contributed by atoms with Crippen LogP contribution in [0.4, 0.5) is 0 Å². The molecular formula is C11H20N2O2. The molecule has 1 saturated heterocycles. The van der Waals surface area contributed by atoms with Crippen LogP contribution < -0.4 is 5.73 Å². The molecule has 1 saturated carbocycles. The number of hydrogen-bond acceptors (Lipinski definition) is 3. The molecule has 1 aliphatic carbocycles. The van der Waals surface area contributed by atoms with E-state index in [0.29, 0.717) is 19.3 Å². The summed E-state index contributed by atoms with van der Waals surface area (Å²) in [5.74, 6) is 0.0880. The fraction of sp³-hybridized carbons (Fsp3) is 0.909. The lowest BCUT2D eigenvalue weighted by atomic mass is 10.3. The van der Waals surface area contributed by atoms with Crippen LogP contribution in [0.5, 0.6) is 0 Å². The molecule has 86 valence electrons. The van der Waals surface area contributed by atoms with Crippen LogP contribution in [0.25, 0.3) is 0 Å². The second kappa shape index (κ2) is 4.94. The fourth-order valence-electron chi connectivity index (χ4n) is 2.37. The molecule has 0 spiro atoms. The van der Waals surface area contributed by atoms with E-state index in [1.165, 1.54) is 25.7 Å². The molecule has 0 radical (unpaired) electrons. The predicted molar refractivity (Wildman–Crippen MR) is 57.4 cm³/mol. The van der Waals surface area contributed by atoms with Gasteiger partial charge in [0, 0.05) is 13.1 Å². The lowest BCUT2D eigenvalue weighted by Crippen LogP contribution is -2.36. The van der Waals surface area contributed by atoms with Gasteiger partial charge in [-0.05, 0) is 19.3 Å². The van der Waals surface area contributed by atoms with Crippen molar-refractivity contribution in [2.45, 2.75) is 44.2 Å². The Balaban J connectivity index is 1.63. The SMILES string of the molecule is NC1CCN(CCOC2CCCC2)C1=O. The lowest BCUT2D eigenvalue weighted by molar-refractivity contribution is -0.129. The van der Waals surface area contributed by atoms with E-state index in [-0.39, 0.29) is 11.9 Å². The Hall–Kier alpha value is -0.610. The van der Waals surface area contributed by atoms with Gasteiger partial charge in [-0.2, -0.15) is 0 Å². The number of rotatable bonds is 4. The van der Waals surface area contributed by atoms with Crippen molar-refractivity contribution in [2.24, 2.45) is 5.73 Å². The van der Waals surface area contributed by atoms with Gasteiger partial charge in [-0.25, -0.2) is 0 Å². The van der Waals surface area contributed by atoms with Crippen molar-refractivity contribution in [3.8, 4) is 0 Å². The summed E-state index contributed by atoms with van der Waals surface area (Å²) in [6, 6.07) is -0.267. The van der Waals surface area contributed by atoms with Gasteiger partial charge in [0.25, 0.3) is 0 Å². The van der Waals surface area contributed by atoms with Gasteiger partial charge in [0.15, 0.2) is 0 Å². The molecule has 1 atom stereocenters. The Labute approximate surface area is 90.8 Å². The van der Waals surface area contributed by atoms with Crippen molar-refractivity contribution in [1.29, 1.82) is 0 Å². The third kappa shape index (κ3) is 2.69. The summed E-state index contributed by atoms with van der Waals surface area (Å²) in [7, 11) is 0. The molecule has 1 amide bonds. The third-order valence-electron chi connectivity index (χ3n) is 3.36. The number of nitrogens with two attached hydrogens (primary N) is 1. The second-order valence-corrected chi connectivity index (χ2v) is 4.50. The zero-order chi connectivity index (χ0) is 10.7. The van der Waals surface area contributed by atoms with Gasteiger partial charge in [-0.15, -0.1) is 0 Å². The lowest BCUT2D eigenvalue weighted by Gasteiger charge is -2.17. The highest BCUT2D eigenvalue weighted by Gasteiger charge is 2.28. The first kappa shape index (κ1) is 10.9. The van der Waals surface area contributed by atoms with Crippen LogP contribution in [0.2, 0.25) is 0 Å². The van der Waals surface area contributed by atoms with E-state index in [0.717, 1.165) is 13.0 Å². The summed E-state index contributed by atoms with van der Waals surface area (Å²) in [6.45, 7) is 2.18. The first-order chi connectivity index (χ1) is 7.27. The number of carbonyl (C=O) groups excluding carboxylic acids is 1. The smallest absolute Gasteiger partial charge is 0.239 e. The highest BCUT2D eigenvalue weighted by Crippen LogP contribution is 2.20. The summed E-state index contributed by atoms with van der Waals surface area (Å²) >= 11 is 0. The number of nitrogens with zero attached hydrogens (tertiary/aromatic N) is 1. The number of carbonyl (C=O) groups is 1. The topological polar surface area (TPSA) is 55.6 Å². The Bertz CT molecular complexity index is 227. The second-order valence-electron chi connectivity index (χ2n) is 4.50. The molecule has 2 N–H and O–H groups in total. The third-order valence-corrected chi connectivity index (χ3v) is 3.36. The minimum atomic E-state index is -0.267. The molecule has 0 aromatic carbocycles. The van der Waals surface area contributed by atoms with Crippen LogP contribution in [0.3, 0.4) is 0 Å². The normalized spacial score (nSPS) is 27.9. The van der Waals surface area contributed by atoms with E-state index in [9.17, 15) is 4.79 Å². The Morgan fingerprint density at radius 3 is 2.67 bits per heavy atom. The van der Waals surface area contributed by atoms with Crippen LogP contribution in [-0.2, 0) is 9.53 Å². The predicted octanol–water partition coefficient (Wildman–Crippen LogP) is 0.505. The van der Waals surface area contributed by atoms with Crippen LogP contribution in [0, 0.1) is 0 Å². The monoisotopic (exact) mass is 212 g/mol. The Kier molecular flexibility index (Phi) is 3.59. The zero-order valence-corrected chi connectivity index (χ0v) is 9.15. The molecule has 0 bridgehead atoms. The molecule has 2 rings (SSSR count). The average molecular weight is 212 g/mol. The van der Waals surface area contributed by atoms with E-state index in [2.05, 4.69) is 0 Å². The zero-order valence-electron chi connectivity index (χ0n) is 9.15. The van der Waals surface area contributed by atoms with Crippen LogP contribution in [-0.4, -0.2) is 42.6 Å². The van der Waals surface area contributed by atoms with Gasteiger partial charge in [-0.1, -0.05) is 12.8 Å². The van der Waals surface area contributed by atoms with Crippen LogP contribution >= 0.6 is 0 Å². The highest BCUT2D eigenvalue weighted by atomic mass is 16.5. The number of amides is 1. The molecular weight excluding hydrogens is 192 g/mol. The molecule has 2 aliphatic rings. The number of hydrogen-bond donors (Lipinski definition) is 1. The maximum atomic E-state index is 11.5. The molecule has 1 aliphatic heterocycles. The van der Waals surface area contributed by atoms with Crippen LogP contribution in [0.1, 0.15) is 32.1 Å². The van der Waals surface area contributed by atoms with Gasteiger partial charge >= 0.3 is 0 Å². The highest BCUT2D eigenvalue weighted by molar-refractivity contribution is 5.83. The minimum absolute atomic E-state index is 0.0880. The summed E-state index contributed by atoms with van der Waals surface area (Å²) in [4.78, 5) is 13.3. The van der Waals surface area contributed by atoms with Crippen molar-refractivity contribution in [3.63, 3.8) is 0 Å². The first-order valence-corrected chi connectivity index (χ1v) is 5.93. The molecule has 1 unspecified atom stereocenters. The number of ether oxygens (including phenoxy) is 1. The fourth-order valence-corrected chi connectivity index (χ4v) is 2.37. The van der Waals surface area contributed by atoms with Gasteiger partial charge in [0.05, 0.1) is 18.8 Å². The maximum absolute atomic E-state index is 11.5. The van der Waals surface area contributed by atoms with Crippen molar-refractivity contribution in [2.75, 3.05) is 19.7 Å². The van der Waals surface area contributed by atoms with Gasteiger partial charge in [-0.3, -0.25) is 4.79 Å². The van der Waals surface area contributed by atoms with E-state index < -0.39 is 0 Å². The summed E-state index contributed by atoms with van der Waals surface area (Å²) < 4.78 is 5.71. The Morgan fingerprint density at radius 1 is 1.33 bits per heavy atom. The van der Waals surface area contributed by atoms with E-state index >= 15 is 0 Å². The molecule has 1 heterocycles. The minimum Gasteiger partial charge on any atom is -0.376 e. The molecule has 4 nitrogen and oxygen atoms in total. The average Bonchev–Trinajstić information content (AvgIpc) is 2.83. The van der Waals surface area contributed by atoms with Gasteiger partial charge < -0.3 is 15.4 Å². The van der Waals surface area contributed by atoms with Gasteiger partial charge in [0.1, 0.15) is 0 Å². The summed E-state index contributed by atoms with van der Waals surface area (Å²) in [5.41, 5.74) is 5.63.